The van der Waals surface area contributed by atoms with Gasteiger partial charge in [0.1, 0.15) is 4.88 Å². The highest BCUT2D eigenvalue weighted by molar-refractivity contribution is 7.17. The highest BCUT2D eigenvalue weighted by atomic mass is 35.5. The smallest absolute Gasteiger partial charge is 0.283 e. The van der Waals surface area contributed by atoms with Crippen molar-refractivity contribution in [1.82, 2.24) is 10.4 Å². The number of aryl methyl sites for hydroxylation is 1. The molecule has 1 amide bonds. The van der Waals surface area contributed by atoms with E-state index in [9.17, 15) is 4.79 Å². The molecule has 140 valence electrons. The zero-order valence-electron chi connectivity index (χ0n) is 14.8. The number of aromatic nitrogens is 1. The molecule has 0 saturated carbocycles. The van der Waals surface area contributed by atoms with Crippen molar-refractivity contribution in [3.05, 3.63) is 33.3 Å². The quantitative estimate of drug-likeness (QED) is 0.525. The van der Waals surface area contributed by atoms with Crippen LogP contribution in [-0.2, 0) is 6.42 Å². The second-order valence-electron chi connectivity index (χ2n) is 5.08. The van der Waals surface area contributed by atoms with E-state index < -0.39 is 0 Å². The van der Waals surface area contributed by atoms with Gasteiger partial charge in [0.25, 0.3) is 5.91 Å². The van der Waals surface area contributed by atoms with Crippen molar-refractivity contribution in [1.29, 1.82) is 0 Å². The number of carbonyl (C=O) groups is 1. The molecule has 1 heterocycles. The topological polar surface area (TPSA) is 98.8 Å². The number of hydrazone groups is 1. The molecule has 0 saturated heterocycles. The van der Waals surface area contributed by atoms with Gasteiger partial charge in [-0.25, -0.2) is 10.4 Å². The molecule has 0 atom stereocenters. The number of nitrogens with two attached hydrogens (primary N) is 1. The first-order valence-corrected chi connectivity index (χ1v) is 9.37. The lowest BCUT2D eigenvalue weighted by molar-refractivity contribution is 0.0958. The van der Waals surface area contributed by atoms with E-state index in [2.05, 4.69) is 15.5 Å². The van der Waals surface area contributed by atoms with E-state index in [1.54, 1.807) is 12.1 Å². The molecule has 0 spiro atoms. The van der Waals surface area contributed by atoms with Gasteiger partial charge in [-0.1, -0.05) is 29.9 Å². The van der Waals surface area contributed by atoms with E-state index in [0.717, 1.165) is 11.3 Å². The first kappa shape index (κ1) is 20.0. The van der Waals surface area contributed by atoms with E-state index in [-0.39, 0.29) is 5.91 Å². The minimum Gasteiger partial charge on any atom is -0.490 e. The second-order valence-corrected chi connectivity index (χ2v) is 6.51. The number of nitrogen functional groups attached to an aromatic ring is 1. The van der Waals surface area contributed by atoms with Gasteiger partial charge in [-0.15, -0.1) is 0 Å². The first-order chi connectivity index (χ1) is 12.5. The number of rotatable bonds is 8. The predicted molar refractivity (Wildman–Crippen MR) is 105 cm³/mol. The molecule has 7 nitrogen and oxygen atoms in total. The zero-order chi connectivity index (χ0) is 19.1. The number of nitrogens with one attached hydrogen (secondary N) is 1. The molecule has 0 unspecified atom stereocenters. The number of anilines is 1. The summed E-state index contributed by atoms with van der Waals surface area (Å²) in [4.78, 5) is 16.8. The minimum absolute atomic E-state index is 0.352. The standard InChI is InChI=1S/C17H21ClN4O3S/c1-4-12-15(26-17(19)21-12)16(23)22-20-9-10-7-11(18)14(25-6-3)13(8-10)24-5-2/h7-9H,4-6H2,1-3H3,(H2,19,21)(H,22,23)/b20-9-. The molecule has 2 aromatic rings. The average molecular weight is 397 g/mol. The van der Waals surface area contributed by atoms with Crippen molar-refractivity contribution in [2.45, 2.75) is 27.2 Å². The van der Waals surface area contributed by atoms with Crippen molar-refractivity contribution in [3.8, 4) is 11.5 Å². The molecule has 1 aromatic carbocycles. The number of thiazole rings is 1. The maximum Gasteiger partial charge on any atom is 0.283 e. The molecular formula is C17H21ClN4O3S. The van der Waals surface area contributed by atoms with Crippen LogP contribution in [0.15, 0.2) is 17.2 Å². The maximum atomic E-state index is 12.2. The van der Waals surface area contributed by atoms with Crippen LogP contribution in [0.2, 0.25) is 5.02 Å². The van der Waals surface area contributed by atoms with Crippen LogP contribution in [0.25, 0.3) is 0 Å². The Labute approximate surface area is 161 Å². The summed E-state index contributed by atoms with van der Waals surface area (Å²) < 4.78 is 11.1. The fourth-order valence-electron chi connectivity index (χ4n) is 2.21. The minimum atomic E-state index is -0.352. The van der Waals surface area contributed by atoms with Crippen LogP contribution in [0.4, 0.5) is 5.13 Å². The summed E-state index contributed by atoms with van der Waals surface area (Å²) in [6.45, 7) is 6.59. The molecule has 3 N–H and O–H groups in total. The summed E-state index contributed by atoms with van der Waals surface area (Å²) in [5.74, 6) is 0.664. The van der Waals surface area contributed by atoms with Crippen molar-refractivity contribution in [3.63, 3.8) is 0 Å². The van der Waals surface area contributed by atoms with Gasteiger partial charge in [0.15, 0.2) is 16.6 Å². The van der Waals surface area contributed by atoms with Crippen LogP contribution in [0, 0.1) is 0 Å². The number of hydrogen-bond acceptors (Lipinski definition) is 7. The summed E-state index contributed by atoms with van der Waals surface area (Å²) in [5.41, 5.74) is 9.46. The van der Waals surface area contributed by atoms with E-state index in [1.807, 2.05) is 20.8 Å². The van der Waals surface area contributed by atoms with Crippen LogP contribution in [-0.4, -0.2) is 30.3 Å². The Balaban J connectivity index is 2.15. The summed E-state index contributed by atoms with van der Waals surface area (Å²) >= 11 is 7.39. The van der Waals surface area contributed by atoms with Gasteiger partial charge in [0.2, 0.25) is 0 Å². The lowest BCUT2D eigenvalue weighted by Gasteiger charge is -2.13. The molecule has 26 heavy (non-hydrogen) atoms. The molecule has 1 aromatic heterocycles. The van der Waals surface area contributed by atoms with Crippen LogP contribution in [0.5, 0.6) is 11.5 Å². The Bertz CT molecular complexity index is 808. The van der Waals surface area contributed by atoms with Crippen LogP contribution in [0.3, 0.4) is 0 Å². The lowest BCUT2D eigenvalue weighted by Crippen LogP contribution is -2.17. The molecule has 0 bridgehead atoms. The number of benzene rings is 1. The zero-order valence-corrected chi connectivity index (χ0v) is 16.4. The lowest BCUT2D eigenvalue weighted by atomic mass is 10.2. The fourth-order valence-corrected chi connectivity index (χ4v) is 3.30. The van der Waals surface area contributed by atoms with Gasteiger partial charge in [-0.2, -0.15) is 5.10 Å². The Kier molecular flexibility index (Phi) is 7.23. The molecule has 2 rings (SSSR count). The van der Waals surface area contributed by atoms with Crippen molar-refractivity contribution >= 4 is 40.2 Å². The van der Waals surface area contributed by atoms with Gasteiger partial charge in [-0.05, 0) is 38.0 Å². The third-order valence-corrected chi connectivity index (χ3v) is 4.46. The van der Waals surface area contributed by atoms with Gasteiger partial charge in [0.05, 0.1) is 30.1 Å². The molecule has 9 heteroatoms. The normalized spacial score (nSPS) is 10.9. The van der Waals surface area contributed by atoms with E-state index in [0.29, 0.717) is 57.4 Å². The first-order valence-electron chi connectivity index (χ1n) is 8.17. The van der Waals surface area contributed by atoms with Crippen molar-refractivity contribution in [2.24, 2.45) is 5.10 Å². The number of nitrogens with zero attached hydrogens (tertiary/aromatic N) is 2. The molecule has 0 radical (unpaired) electrons. The number of halogens is 1. The monoisotopic (exact) mass is 396 g/mol. The maximum absolute atomic E-state index is 12.2. The summed E-state index contributed by atoms with van der Waals surface area (Å²) in [6, 6.07) is 3.44. The van der Waals surface area contributed by atoms with Gasteiger partial charge in [-0.3, -0.25) is 4.79 Å². The Morgan fingerprint density at radius 3 is 2.73 bits per heavy atom. The van der Waals surface area contributed by atoms with Crippen LogP contribution >= 0.6 is 22.9 Å². The predicted octanol–water partition coefficient (Wildman–Crippen LogP) is 3.50. The Morgan fingerprint density at radius 1 is 1.35 bits per heavy atom. The molecule has 0 aliphatic carbocycles. The van der Waals surface area contributed by atoms with Crippen LogP contribution < -0.4 is 20.6 Å². The molecule has 0 fully saturated rings. The van der Waals surface area contributed by atoms with Crippen molar-refractivity contribution in [2.75, 3.05) is 18.9 Å². The van der Waals surface area contributed by atoms with E-state index in [4.69, 9.17) is 26.8 Å². The number of amides is 1. The van der Waals surface area contributed by atoms with Gasteiger partial charge >= 0.3 is 0 Å². The Morgan fingerprint density at radius 2 is 2.08 bits per heavy atom. The highest BCUT2D eigenvalue weighted by Crippen LogP contribution is 2.36. The third kappa shape index (κ3) is 4.86. The summed E-state index contributed by atoms with van der Waals surface area (Å²) in [7, 11) is 0. The van der Waals surface area contributed by atoms with Gasteiger partial charge in [0, 0.05) is 0 Å². The van der Waals surface area contributed by atoms with Gasteiger partial charge < -0.3 is 15.2 Å². The number of carbonyl (C=O) groups excluding carboxylic acids is 1. The molecule has 0 aliphatic rings. The fraction of sp³-hybridized carbons (Fsp3) is 0.353. The average Bonchev–Trinajstić information content (AvgIpc) is 2.99. The SMILES string of the molecule is CCOc1cc(/C=N\NC(=O)c2sc(N)nc2CC)cc(Cl)c1OCC. The van der Waals surface area contributed by atoms with E-state index in [1.165, 1.54) is 6.21 Å². The molecule has 0 aliphatic heterocycles. The summed E-state index contributed by atoms with van der Waals surface area (Å²) in [6.07, 6.45) is 2.10. The number of ether oxygens (including phenoxy) is 2. The number of hydrogen-bond donors (Lipinski definition) is 2. The third-order valence-electron chi connectivity index (χ3n) is 3.26. The largest absolute Gasteiger partial charge is 0.490 e. The van der Waals surface area contributed by atoms with Crippen molar-refractivity contribution < 1.29 is 14.3 Å². The second kappa shape index (κ2) is 9.40. The summed E-state index contributed by atoms with van der Waals surface area (Å²) in [5, 5.41) is 4.75. The Hall–Kier alpha value is -2.32. The van der Waals surface area contributed by atoms with E-state index >= 15 is 0 Å². The van der Waals surface area contributed by atoms with Crippen LogP contribution in [0.1, 0.15) is 41.7 Å². The molecular weight excluding hydrogens is 376 g/mol. The highest BCUT2D eigenvalue weighted by Gasteiger charge is 2.15.